The van der Waals surface area contributed by atoms with Crippen LogP contribution in [0.2, 0.25) is 0 Å². The Morgan fingerprint density at radius 3 is 2.67 bits per heavy atom. The van der Waals surface area contributed by atoms with Gasteiger partial charge < -0.3 is 0 Å². The van der Waals surface area contributed by atoms with Crippen LogP contribution in [0.5, 0.6) is 0 Å². The molecular formula is C13H9BrF2OS. The predicted molar refractivity (Wildman–Crippen MR) is 71.1 cm³/mol. The van der Waals surface area contributed by atoms with Crippen LogP contribution < -0.4 is 0 Å². The lowest BCUT2D eigenvalue weighted by atomic mass is 10.1. The van der Waals surface area contributed by atoms with Gasteiger partial charge in [0.05, 0.1) is 8.66 Å². The van der Waals surface area contributed by atoms with E-state index in [9.17, 15) is 13.6 Å². The van der Waals surface area contributed by atoms with Crippen molar-refractivity contribution in [3.63, 3.8) is 0 Å². The molecule has 0 radical (unpaired) electrons. The standard InChI is InChI=1S/C13H9BrF2OS/c1-7-4-12(18-13(7)14)11(17)6-8-5-9(15)2-3-10(8)16/h2-5H,6H2,1H3. The molecule has 1 aromatic carbocycles. The van der Waals surface area contributed by atoms with Crippen LogP contribution >= 0.6 is 27.3 Å². The molecule has 1 heterocycles. The number of carbonyl (C=O) groups is 1. The maximum atomic E-state index is 13.4. The van der Waals surface area contributed by atoms with E-state index in [4.69, 9.17) is 0 Å². The molecule has 0 spiro atoms. The summed E-state index contributed by atoms with van der Waals surface area (Å²) in [6.07, 6.45) is -0.129. The Hall–Kier alpha value is -1.07. The normalized spacial score (nSPS) is 10.7. The average molecular weight is 331 g/mol. The van der Waals surface area contributed by atoms with Crippen LogP contribution in [0.4, 0.5) is 8.78 Å². The fourth-order valence-electron chi connectivity index (χ4n) is 1.54. The number of halogens is 3. The fraction of sp³-hybridized carbons (Fsp3) is 0.154. The monoisotopic (exact) mass is 330 g/mol. The molecule has 2 rings (SSSR count). The molecule has 0 unspecified atom stereocenters. The Bertz CT molecular complexity index is 588. The molecule has 1 nitrogen and oxygen atoms in total. The molecule has 0 aliphatic heterocycles. The van der Waals surface area contributed by atoms with Crippen molar-refractivity contribution < 1.29 is 13.6 Å². The highest BCUT2D eigenvalue weighted by Gasteiger charge is 2.14. The van der Waals surface area contributed by atoms with Gasteiger partial charge in [-0.1, -0.05) is 0 Å². The van der Waals surface area contributed by atoms with Gasteiger partial charge in [-0.05, 0) is 58.2 Å². The summed E-state index contributed by atoms with van der Waals surface area (Å²) in [7, 11) is 0. The lowest BCUT2D eigenvalue weighted by molar-refractivity contribution is 0.0995. The summed E-state index contributed by atoms with van der Waals surface area (Å²) in [5.74, 6) is -1.31. The molecule has 0 aliphatic carbocycles. The molecule has 0 atom stereocenters. The first kappa shape index (κ1) is 13.4. The Labute approximate surface area is 116 Å². The van der Waals surface area contributed by atoms with Crippen LogP contribution in [0, 0.1) is 18.6 Å². The number of aryl methyl sites for hydroxylation is 1. The maximum Gasteiger partial charge on any atom is 0.177 e. The third-order valence-electron chi connectivity index (χ3n) is 2.49. The molecule has 0 saturated carbocycles. The summed E-state index contributed by atoms with van der Waals surface area (Å²) in [6.45, 7) is 1.88. The number of Topliss-reactive ketones (excluding diaryl/α,β-unsaturated/α-hetero) is 1. The summed E-state index contributed by atoms with van der Waals surface area (Å²) in [6, 6.07) is 4.87. The second kappa shape index (κ2) is 5.28. The Balaban J connectivity index is 2.23. The highest BCUT2D eigenvalue weighted by molar-refractivity contribution is 9.11. The summed E-state index contributed by atoms with van der Waals surface area (Å²) in [4.78, 5) is 12.5. The predicted octanol–water partition coefficient (Wildman–Crippen LogP) is 4.52. The van der Waals surface area contributed by atoms with E-state index in [1.165, 1.54) is 11.3 Å². The van der Waals surface area contributed by atoms with Crippen LogP contribution in [-0.4, -0.2) is 5.78 Å². The first-order valence-electron chi connectivity index (χ1n) is 5.20. The van der Waals surface area contributed by atoms with Crippen molar-refractivity contribution in [3.05, 3.63) is 55.7 Å². The van der Waals surface area contributed by atoms with Crippen LogP contribution in [0.15, 0.2) is 28.1 Å². The molecule has 0 bridgehead atoms. The zero-order chi connectivity index (χ0) is 13.3. The number of hydrogen-bond acceptors (Lipinski definition) is 2. The van der Waals surface area contributed by atoms with Gasteiger partial charge >= 0.3 is 0 Å². The van der Waals surface area contributed by atoms with E-state index in [2.05, 4.69) is 15.9 Å². The third-order valence-corrected chi connectivity index (χ3v) is 4.67. The van der Waals surface area contributed by atoms with Crippen LogP contribution in [-0.2, 0) is 6.42 Å². The van der Waals surface area contributed by atoms with Gasteiger partial charge in [-0.25, -0.2) is 8.78 Å². The molecule has 1 aromatic heterocycles. The number of carbonyl (C=O) groups excluding carboxylic acids is 1. The lowest BCUT2D eigenvalue weighted by Gasteiger charge is -2.01. The summed E-state index contributed by atoms with van der Waals surface area (Å²) < 4.78 is 27.3. The maximum absolute atomic E-state index is 13.4. The average Bonchev–Trinajstić information content (AvgIpc) is 2.64. The summed E-state index contributed by atoms with van der Waals surface area (Å²) in [5, 5.41) is 0. The van der Waals surface area contributed by atoms with E-state index < -0.39 is 11.6 Å². The van der Waals surface area contributed by atoms with Crippen molar-refractivity contribution in [2.24, 2.45) is 0 Å². The first-order valence-corrected chi connectivity index (χ1v) is 6.81. The Morgan fingerprint density at radius 2 is 2.06 bits per heavy atom. The van der Waals surface area contributed by atoms with Gasteiger partial charge in [-0.3, -0.25) is 4.79 Å². The van der Waals surface area contributed by atoms with Crippen molar-refractivity contribution in [1.82, 2.24) is 0 Å². The molecule has 0 N–H and O–H groups in total. The second-order valence-corrected chi connectivity index (χ2v) is 6.27. The van der Waals surface area contributed by atoms with Gasteiger partial charge in [0.1, 0.15) is 11.6 Å². The summed E-state index contributed by atoms with van der Waals surface area (Å²) in [5.41, 5.74) is 1.05. The van der Waals surface area contributed by atoms with Gasteiger partial charge in [0, 0.05) is 6.42 Å². The van der Waals surface area contributed by atoms with E-state index in [1.807, 2.05) is 6.92 Å². The van der Waals surface area contributed by atoms with E-state index in [-0.39, 0.29) is 17.8 Å². The van der Waals surface area contributed by atoms with Gasteiger partial charge in [-0.15, -0.1) is 11.3 Å². The van der Waals surface area contributed by atoms with Gasteiger partial charge in [0.25, 0.3) is 0 Å². The second-order valence-electron chi connectivity index (χ2n) is 3.90. The molecule has 0 aliphatic rings. The number of ketones is 1. The number of rotatable bonds is 3. The molecular weight excluding hydrogens is 322 g/mol. The van der Waals surface area contributed by atoms with Crippen molar-refractivity contribution in [2.45, 2.75) is 13.3 Å². The van der Waals surface area contributed by atoms with Crippen LogP contribution in [0.25, 0.3) is 0 Å². The lowest BCUT2D eigenvalue weighted by Crippen LogP contribution is -2.03. The van der Waals surface area contributed by atoms with Crippen molar-refractivity contribution in [1.29, 1.82) is 0 Å². The van der Waals surface area contributed by atoms with Gasteiger partial charge in [0.15, 0.2) is 5.78 Å². The Morgan fingerprint density at radius 1 is 1.33 bits per heavy atom. The molecule has 0 fully saturated rings. The van der Waals surface area contributed by atoms with Crippen LogP contribution in [0.3, 0.4) is 0 Å². The largest absolute Gasteiger partial charge is 0.293 e. The SMILES string of the molecule is Cc1cc(C(=O)Cc2cc(F)ccc2F)sc1Br. The molecule has 0 saturated heterocycles. The fourth-order valence-corrected chi connectivity index (χ4v) is 3.01. The quantitative estimate of drug-likeness (QED) is 0.756. The van der Waals surface area contributed by atoms with Crippen molar-refractivity contribution in [3.8, 4) is 0 Å². The van der Waals surface area contributed by atoms with E-state index in [1.54, 1.807) is 6.07 Å². The van der Waals surface area contributed by atoms with Gasteiger partial charge in [0.2, 0.25) is 0 Å². The van der Waals surface area contributed by atoms with Crippen LogP contribution in [0.1, 0.15) is 20.8 Å². The van der Waals surface area contributed by atoms with E-state index in [0.29, 0.717) is 4.88 Å². The zero-order valence-electron chi connectivity index (χ0n) is 9.47. The first-order chi connectivity index (χ1) is 8.47. The summed E-state index contributed by atoms with van der Waals surface area (Å²) >= 11 is 4.63. The highest BCUT2D eigenvalue weighted by Crippen LogP contribution is 2.28. The highest BCUT2D eigenvalue weighted by atomic mass is 79.9. The molecule has 2 aromatic rings. The molecule has 18 heavy (non-hydrogen) atoms. The molecule has 5 heteroatoms. The number of thiophene rings is 1. The minimum absolute atomic E-state index is 0.0853. The molecule has 94 valence electrons. The van der Waals surface area contributed by atoms with Crippen molar-refractivity contribution in [2.75, 3.05) is 0 Å². The zero-order valence-corrected chi connectivity index (χ0v) is 11.9. The number of hydrogen-bond donors (Lipinski definition) is 0. The van der Waals surface area contributed by atoms with E-state index >= 15 is 0 Å². The Kier molecular flexibility index (Phi) is 3.92. The van der Waals surface area contributed by atoms with Gasteiger partial charge in [-0.2, -0.15) is 0 Å². The van der Waals surface area contributed by atoms with Crippen molar-refractivity contribution >= 4 is 33.0 Å². The molecule has 0 amide bonds. The topological polar surface area (TPSA) is 17.1 Å². The van der Waals surface area contributed by atoms with E-state index in [0.717, 1.165) is 27.5 Å². The smallest absolute Gasteiger partial charge is 0.177 e. The minimum atomic E-state index is -0.558. The number of benzene rings is 1. The third kappa shape index (κ3) is 2.84. The minimum Gasteiger partial charge on any atom is -0.293 e.